The van der Waals surface area contributed by atoms with Crippen molar-refractivity contribution >= 4 is 11.9 Å². The molecule has 23 heavy (non-hydrogen) atoms. The number of aliphatic carboxylic acids is 1. The predicted molar refractivity (Wildman–Crippen MR) is 86.7 cm³/mol. The quantitative estimate of drug-likeness (QED) is 0.858. The fourth-order valence-corrected chi connectivity index (χ4v) is 2.25. The van der Waals surface area contributed by atoms with E-state index in [1.807, 2.05) is 31.2 Å². The zero-order valence-electron chi connectivity index (χ0n) is 13.5. The Hall–Kier alpha value is -2.63. The van der Waals surface area contributed by atoms with E-state index >= 15 is 0 Å². The van der Waals surface area contributed by atoms with E-state index in [0.717, 1.165) is 11.3 Å². The Bertz CT molecular complexity index is 719. The lowest BCUT2D eigenvalue weighted by Crippen LogP contribution is -2.43. The molecule has 122 valence electrons. The van der Waals surface area contributed by atoms with Gasteiger partial charge < -0.3 is 10.4 Å². The number of benzene rings is 1. The zero-order chi connectivity index (χ0) is 17.0. The van der Waals surface area contributed by atoms with E-state index < -0.39 is 11.5 Å². The van der Waals surface area contributed by atoms with Crippen molar-refractivity contribution in [3.05, 3.63) is 47.8 Å². The smallest absolute Gasteiger partial charge is 0.303 e. The molecule has 2 rings (SSSR count). The fourth-order valence-electron chi connectivity index (χ4n) is 2.25. The molecule has 0 saturated heterocycles. The molecule has 0 aliphatic carbocycles. The average Bonchev–Trinajstić information content (AvgIpc) is 2.95. The van der Waals surface area contributed by atoms with Gasteiger partial charge in [0.1, 0.15) is 0 Å². The number of carboxylic acids is 1. The SMILES string of the molecule is Cc1ccccc1-n1cc(C(=O)NC(C)(C)CCC(=O)O)cn1. The second-order valence-electron chi connectivity index (χ2n) is 6.19. The number of rotatable bonds is 6. The Morgan fingerprint density at radius 2 is 2.00 bits per heavy atom. The summed E-state index contributed by atoms with van der Waals surface area (Å²) in [7, 11) is 0. The van der Waals surface area contributed by atoms with Crippen molar-refractivity contribution in [2.75, 3.05) is 0 Å². The van der Waals surface area contributed by atoms with Crippen molar-refractivity contribution in [1.29, 1.82) is 0 Å². The van der Waals surface area contributed by atoms with Crippen LogP contribution in [0.3, 0.4) is 0 Å². The molecule has 1 aromatic carbocycles. The number of nitrogens with one attached hydrogen (secondary N) is 1. The summed E-state index contributed by atoms with van der Waals surface area (Å²) in [5, 5.41) is 15.8. The maximum Gasteiger partial charge on any atom is 0.303 e. The second-order valence-corrected chi connectivity index (χ2v) is 6.19. The molecule has 6 heteroatoms. The van der Waals surface area contributed by atoms with E-state index in [9.17, 15) is 9.59 Å². The Morgan fingerprint density at radius 1 is 1.30 bits per heavy atom. The summed E-state index contributed by atoms with van der Waals surface area (Å²) in [6.45, 7) is 5.59. The monoisotopic (exact) mass is 315 g/mol. The number of carboxylic acid groups (broad SMARTS) is 1. The van der Waals surface area contributed by atoms with Crippen LogP contribution in [0.1, 0.15) is 42.6 Å². The van der Waals surface area contributed by atoms with Crippen molar-refractivity contribution < 1.29 is 14.7 Å². The second kappa shape index (κ2) is 6.64. The van der Waals surface area contributed by atoms with E-state index in [1.165, 1.54) is 6.20 Å². The summed E-state index contributed by atoms with van der Waals surface area (Å²) in [6.07, 6.45) is 3.55. The van der Waals surface area contributed by atoms with Crippen LogP contribution in [-0.2, 0) is 4.79 Å². The number of aryl methyl sites for hydroxylation is 1. The van der Waals surface area contributed by atoms with Gasteiger partial charge in [-0.3, -0.25) is 9.59 Å². The fraction of sp³-hybridized carbons (Fsp3) is 0.353. The molecule has 0 aliphatic heterocycles. The summed E-state index contributed by atoms with van der Waals surface area (Å²) in [6, 6.07) is 7.77. The first-order valence-corrected chi connectivity index (χ1v) is 7.43. The first-order valence-electron chi connectivity index (χ1n) is 7.43. The molecule has 0 fully saturated rings. The molecule has 0 spiro atoms. The van der Waals surface area contributed by atoms with Crippen LogP contribution in [0, 0.1) is 6.92 Å². The minimum atomic E-state index is -0.875. The summed E-state index contributed by atoms with van der Waals surface area (Å²) in [5.74, 6) is -1.14. The van der Waals surface area contributed by atoms with Crippen LogP contribution in [0.2, 0.25) is 0 Å². The Kier molecular flexibility index (Phi) is 4.83. The third-order valence-corrected chi connectivity index (χ3v) is 3.62. The molecular formula is C17H21N3O3. The molecule has 0 aliphatic rings. The van der Waals surface area contributed by atoms with Crippen molar-refractivity contribution in [2.45, 2.75) is 39.2 Å². The van der Waals surface area contributed by atoms with Crippen LogP contribution < -0.4 is 5.32 Å². The first kappa shape index (κ1) is 16.7. The molecule has 0 atom stereocenters. The van der Waals surface area contributed by atoms with Crippen LogP contribution >= 0.6 is 0 Å². The molecule has 0 radical (unpaired) electrons. The highest BCUT2D eigenvalue weighted by molar-refractivity contribution is 5.94. The van der Waals surface area contributed by atoms with E-state index in [1.54, 1.807) is 24.7 Å². The average molecular weight is 315 g/mol. The van der Waals surface area contributed by atoms with Gasteiger partial charge in [-0.15, -0.1) is 0 Å². The number of hydrogen-bond donors (Lipinski definition) is 2. The zero-order valence-corrected chi connectivity index (χ0v) is 13.5. The third kappa shape index (κ3) is 4.42. The van der Waals surface area contributed by atoms with Gasteiger partial charge in [0, 0.05) is 18.2 Å². The van der Waals surface area contributed by atoms with E-state index in [2.05, 4.69) is 10.4 Å². The number of hydrogen-bond acceptors (Lipinski definition) is 3. The van der Waals surface area contributed by atoms with Crippen molar-refractivity contribution in [3.8, 4) is 5.69 Å². The van der Waals surface area contributed by atoms with Crippen LogP contribution in [0.5, 0.6) is 0 Å². The van der Waals surface area contributed by atoms with E-state index in [4.69, 9.17) is 5.11 Å². The van der Waals surface area contributed by atoms with Gasteiger partial charge in [-0.25, -0.2) is 4.68 Å². The van der Waals surface area contributed by atoms with Crippen molar-refractivity contribution in [1.82, 2.24) is 15.1 Å². The molecule has 1 aromatic heterocycles. The largest absolute Gasteiger partial charge is 0.481 e. The lowest BCUT2D eigenvalue weighted by molar-refractivity contribution is -0.137. The number of nitrogens with zero attached hydrogens (tertiary/aromatic N) is 2. The van der Waals surface area contributed by atoms with Crippen LogP contribution in [0.25, 0.3) is 5.69 Å². The number of amides is 1. The van der Waals surface area contributed by atoms with Gasteiger partial charge in [-0.2, -0.15) is 5.10 Å². The summed E-state index contributed by atoms with van der Waals surface area (Å²) in [4.78, 5) is 23.0. The molecule has 1 amide bonds. The summed E-state index contributed by atoms with van der Waals surface area (Å²) < 4.78 is 1.66. The molecule has 2 N–H and O–H groups in total. The van der Waals surface area contributed by atoms with Gasteiger partial charge in [-0.05, 0) is 38.8 Å². The maximum absolute atomic E-state index is 12.3. The van der Waals surface area contributed by atoms with E-state index in [-0.39, 0.29) is 12.3 Å². The van der Waals surface area contributed by atoms with Crippen molar-refractivity contribution in [3.63, 3.8) is 0 Å². The molecule has 1 heterocycles. The van der Waals surface area contributed by atoms with Gasteiger partial charge in [0.05, 0.1) is 17.4 Å². The van der Waals surface area contributed by atoms with Crippen LogP contribution in [0.4, 0.5) is 0 Å². The molecule has 0 saturated carbocycles. The molecule has 0 bridgehead atoms. The Labute approximate surface area is 135 Å². The standard InChI is InChI=1S/C17H21N3O3/c1-12-6-4-5-7-14(12)20-11-13(10-18-20)16(23)19-17(2,3)9-8-15(21)22/h4-7,10-11H,8-9H2,1-3H3,(H,19,23)(H,21,22). The van der Waals surface area contributed by atoms with Gasteiger partial charge in [0.25, 0.3) is 5.91 Å². The van der Waals surface area contributed by atoms with Crippen molar-refractivity contribution in [2.24, 2.45) is 0 Å². The number of para-hydroxylation sites is 1. The number of carbonyl (C=O) groups is 2. The highest BCUT2D eigenvalue weighted by Gasteiger charge is 2.23. The number of aromatic nitrogens is 2. The molecule has 6 nitrogen and oxygen atoms in total. The maximum atomic E-state index is 12.3. The first-order chi connectivity index (χ1) is 10.8. The van der Waals surface area contributed by atoms with Gasteiger partial charge in [-0.1, -0.05) is 18.2 Å². The minimum absolute atomic E-state index is 0.00967. The summed E-state index contributed by atoms with van der Waals surface area (Å²) >= 11 is 0. The van der Waals surface area contributed by atoms with Crippen LogP contribution in [-0.4, -0.2) is 32.3 Å². The van der Waals surface area contributed by atoms with Gasteiger partial charge >= 0.3 is 5.97 Å². The molecule has 0 unspecified atom stereocenters. The molecular weight excluding hydrogens is 294 g/mol. The lowest BCUT2D eigenvalue weighted by atomic mass is 9.98. The minimum Gasteiger partial charge on any atom is -0.481 e. The third-order valence-electron chi connectivity index (χ3n) is 3.62. The highest BCUT2D eigenvalue weighted by atomic mass is 16.4. The predicted octanol–water partition coefficient (Wildman–Crippen LogP) is 2.55. The number of carbonyl (C=O) groups excluding carboxylic acids is 1. The Morgan fingerprint density at radius 3 is 2.65 bits per heavy atom. The van der Waals surface area contributed by atoms with E-state index in [0.29, 0.717) is 12.0 Å². The van der Waals surface area contributed by atoms with Gasteiger partial charge in [0.15, 0.2) is 0 Å². The highest BCUT2D eigenvalue weighted by Crippen LogP contribution is 2.15. The lowest BCUT2D eigenvalue weighted by Gasteiger charge is -2.25. The molecule has 2 aromatic rings. The van der Waals surface area contributed by atoms with Crippen LogP contribution in [0.15, 0.2) is 36.7 Å². The van der Waals surface area contributed by atoms with Gasteiger partial charge in [0.2, 0.25) is 0 Å². The topological polar surface area (TPSA) is 84.2 Å². The summed E-state index contributed by atoms with van der Waals surface area (Å²) in [5.41, 5.74) is 1.82. The normalized spacial score (nSPS) is 11.3. The Balaban J connectivity index is 2.10.